The zero-order valence-electron chi connectivity index (χ0n) is 10.6. The molecule has 0 saturated heterocycles. The summed E-state index contributed by atoms with van der Waals surface area (Å²) in [4.78, 5) is 16.0. The maximum absolute atomic E-state index is 11.3. The fourth-order valence-electron chi connectivity index (χ4n) is 1.62. The van der Waals surface area contributed by atoms with Crippen molar-refractivity contribution in [2.24, 2.45) is 0 Å². The minimum Gasteiger partial charge on any atom is -0.382 e. The zero-order chi connectivity index (χ0) is 13.3. The number of thiazole rings is 1. The number of benzene rings is 1. The molecule has 0 aliphatic carbocycles. The first-order chi connectivity index (χ1) is 8.47. The maximum atomic E-state index is 11.3. The molecule has 0 radical (unpaired) electrons. The molecule has 0 fully saturated rings. The summed E-state index contributed by atoms with van der Waals surface area (Å²) >= 11 is 1.28. The average Bonchev–Trinajstić information content (AvgIpc) is 2.65. The number of nitrogens with two attached hydrogens (primary N) is 1. The number of ketones is 1. The van der Waals surface area contributed by atoms with Crippen LogP contribution in [-0.2, 0) is 0 Å². The van der Waals surface area contributed by atoms with Crippen molar-refractivity contribution >= 4 is 33.8 Å². The number of nitrogens with one attached hydrogen (secondary N) is 1. The van der Waals surface area contributed by atoms with Crippen molar-refractivity contribution in [3.8, 4) is 0 Å². The number of nitrogens with zero attached hydrogens (tertiary/aromatic N) is 1. The lowest BCUT2D eigenvalue weighted by molar-refractivity contribution is 0.102. The lowest BCUT2D eigenvalue weighted by Gasteiger charge is -2.07. The fraction of sp³-hybridized carbons (Fsp3) is 0.231. The molecular weight excluding hydrogens is 246 g/mol. The van der Waals surface area contributed by atoms with Gasteiger partial charge in [-0.05, 0) is 31.0 Å². The van der Waals surface area contributed by atoms with Crippen molar-refractivity contribution < 1.29 is 4.79 Å². The van der Waals surface area contributed by atoms with Gasteiger partial charge in [-0.3, -0.25) is 4.79 Å². The normalized spacial score (nSPS) is 10.4. The highest BCUT2D eigenvalue weighted by molar-refractivity contribution is 7.18. The fourth-order valence-corrected chi connectivity index (χ4v) is 2.42. The van der Waals surface area contributed by atoms with E-state index in [0.717, 1.165) is 11.3 Å². The number of rotatable bonds is 3. The number of hydrogen-bond acceptors (Lipinski definition) is 5. The molecule has 0 bridgehead atoms. The second kappa shape index (κ2) is 4.78. The molecule has 0 aliphatic rings. The van der Waals surface area contributed by atoms with Gasteiger partial charge in [0.15, 0.2) is 10.9 Å². The van der Waals surface area contributed by atoms with Gasteiger partial charge in [-0.2, -0.15) is 0 Å². The maximum Gasteiger partial charge on any atom is 0.189 e. The number of aryl methyl sites for hydroxylation is 2. The van der Waals surface area contributed by atoms with E-state index in [1.165, 1.54) is 23.8 Å². The highest BCUT2D eigenvalue weighted by atomic mass is 32.1. The van der Waals surface area contributed by atoms with E-state index in [2.05, 4.69) is 16.4 Å². The molecule has 2 aromatic rings. The molecule has 2 rings (SSSR count). The second-order valence-electron chi connectivity index (χ2n) is 4.23. The average molecular weight is 261 g/mol. The van der Waals surface area contributed by atoms with Gasteiger partial charge in [0.25, 0.3) is 0 Å². The van der Waals surface area contributed by atoms with Gasteiger partial charge in [0, 0.05) is 12.6 Å². The summed E-state index contributed by atoms with van der Waals surface area (Å²) in [6, 6.07) is 6.14. The summed E-state index contributed by atoms with van der Waals surface area (Å²) in [5.41, 5.74) is 8.98. The Balaban J connectivity index is 2.31. The van der Waals surface area contributed by atoms with Gasteiger partial charge in [0.05, 0.1) is 0 Å². The van der Waals surface area contributed by atoms with Crippen LogP contribution in [0, 0.1) is 13.8 Å². The first-order valence-electron chi connectivity index (χ1n) is 5.59. The van der Waals surface area contributed by atoms with Crippen LogP contribution in [0.3, 0.4) is 0 Å². The molecular formula is C13H15N3OS. The van der Waals surface area contributed by atoms with Crippen molar-refractivity contribution in [1.82, 2.24) is 4.98 Å². The minimum absolute atomic E-state index is 0.0565. The van der Waals surface area contributed by atoms with Crippen molar-refractivity contribution in [3.05, 3.63) is 34.2 Å². The molecule has 94 valence electrons. The van der Waals surface area contributed by atoms with E-state index in [1.807, 2.05) is 26.0 Å². The van der Waals surface area contributed by atoms with E-state index in [0.29, 0.717) is 15.8 Å². The summed E-state index contributed by atoms with van der Waals surface area (Å²) in [5.74, 6) is 0.235. The summed E-state index contributed by atoms with van der Waals surface area (Å²) in [7, 11) is 0. The Morgan fingerprint density at radius 2 is 2.11 bits per heavy atom. The smallest absolute Gasteiger partial charge is 0.189 e. The van der Waals surface area contributed by atoms with Crippen molar-refractivity contribution in [3.63, 3.8) is 0 Å². The van der Waals surface area contributed by atoms with Gasteiger partial charge < -0.3 is 11.1 Å². The SMILES string of the molecule is CC(=O)c1sc(Nc2cc(C)ccc2C)nc1N. The molecule has 0 atom stereocenters. The van der Waals surface area contributed by atoms with Crippen LogP contribution >= 0.6 is 11.3 Å². The third-order valence-electron chi connectivity index (χ3n) is 2.61. The molecule has 0 aliphatic heterocycles. The van der Waals surface area contributed by atoms with Crippen LogP contribution in [-0.4, -0.2) is 10.8 Å². The van der Waals surface area contributed by atoms with Crippen LogP contribution in [0.1, 0.15) is 27.7 Å². The van der Waals surface area contributed by atoms with Crippen LogP contribution in [0.2, 0.25) is 0 Å². The highest BCUT2D eigenvalue weighted by Crippen LogP contribution is 2.29. The number of carbonyl (C=O) groups excluding carboxylic acids is 1. The molecule has 1 aromatic heterocycles. The summed E-state index contributed by atoms with van der Waals surface area (Å²) in [5, 5.41) is 3.85. The van der Waals surface area contributed by atoms with Crippen LogP contribution in [0.4, 0.5) is 16.6 Å². The standard InChI is InChI=1S/C13H15N3OS/c1-7-4-5-8(2)10(6-7)15-13-16-12(14)11(18-13)9(3)17/h4-6H,14H2,1-3H3,(H,15,16). The molecule has 5 heteroatoms. The number of nitrogen functional groups attached to an aromatic ring is 1. The van der Waals surface area contributed by atoms with Crippen molar-refractivity contribution in [2.45, 2.75) is 20.8 Å². The molecule has 1 aromatic carbocycles. The zero-order valence-corrected chi connectivity index (χ0v) is 11.4. The molecule has 3 N–H and O–H groups in total. The van der Waals surface area contributed by atoms with E-state index in [-0.39, 0.29) is 5.78 Å². The van der Waals surface area contributed by atoms with Gasteiger partial charge in [-0.15, -0.1) is 0 Å². The van der Waals surface area contributed by atoms with Crippen LogP contribution < -0.4 is 11.1 Å². The van der Waals surface area contributed by atoms with Crippen LogP contribution in [0.5, 0.6) is 0 Å². The molecule has 0 spiro atoms. The predicted molar refractivity (Wildman–Crippen MR) is 75.7 cm³/mol. The second-order valence-corrected chi connectivity index (χ2v) is 5.23. The number of carbonyl (C=O) groups is 1. The topological polar surface area (TPSA) is 68.0 Å². The van der Waals surface area contributed by atoms with Gasteiger partial charge in [-0.25, -0.2) is 4.98 Å². The Hall–Kier alpha value is -1.88. The first kappa shape index (κ1) is 12.6. The highest BCUT2D eigenvalue weighted by Gasteiger charge is 2.12. The van der Waals surface area contributed by atoms with Gasteiger partial charge >= 0.3 is 0 Å². The number of hydrogen-bond donors (Lipinski definition) is 2. The number of aromatic nitrogens is 1. The molecule has 0 amide bonds. The number of Topliss-reactive ketones (excluding diaryl/α,β-unsaturated/α-hetero) is 1. The Morgan fingerprint density at radius 3 is 2.72 bits per heavy atom. The third-order valence-corrected chi connectivity index (χ3v) is 3.70. The monoisotopic (exact) mass is 261 g/mol. The van der Waals surface area contributed by atoms with E-state index in [9.17, 15) is 4.79 Å². The number of anilines is 3. The lowest BCUT2D eigenvalue weighted by atomic mass is 10.1. The Morgan fingerprint density at radius 1 is 1.39 bits per heavy atom. The van der Waals surface area contributed by atoms with Crippen LogP contribution in [0.25, 0.3) is 0 Å². The molecule has 4 nitrogen and oxygen atoms in total. The van der Waals surface area contributed by atoms with Gasteiger partial charge in [0.1, 0.15) is 10.7 Å². The molecule has 0 unspecified atom stereocenters. The summed E-state index contributed by atoms with van der Waals surface area (Å²) < 4.78 is 0. The Labute approximate surface area is 110 Å². The first-order valence-corrected chi connectivity index (χ1v) is 6.40. The molecule has 1 heterocycles. The summed E-state index contributed by atoms with van der Waals surface area (Å²) in [6.07, 6.45) is 0. The van der Waals surface area contributed by atoms with E-state index >= 15 is 0 Å². The largest absolute Gasteiger partial charge is 0.382 e. The van der Waals surface area contributed by atoms with E-state index < -0.39 is 0 Å². The van der Waals surface area contributed by atoms with Gasteiger partial charge in [-0.1, -0.05) is 23.5 Å². The Kier molecular flexibility index (Phi) is 3.34. The van der Waals surface area contributed by atoms with Crippen molar-refractivity contribution in [2.75, 3.05) is 11.1 Å². The summed E-state index contributed by atoms with van der Waals surface area (Å²) in [6.45, 7) is 5.54. The molecule has 0 saturated carbocycles. The third kappa shape index (κ3) is 2.51. The van der Waals surface area contributed by atoms with E-state index in [1.54, 1.807) is 0 Å². The molecule has 18 heavy (non-hydrogen) atoms. The predicted octanol–water partition coefficient (Wildman–Crippen LogP) is 3.29. The minimum atomic E-state index is -0.0565. The lowest BCUT2D eigenvalue weighted by Crippen LogP contribution is -1.95. The van der Waals surface area contributed by atoms with E-state index in [4.69, 9.17) is 5.73 Å². The van der Waals surface area contributed by atoms with Crippen molar-refractivity contribution in [1.29, 1.82) is 0 Å². The van der Waals surface area contributed by atoms with Crippen LogP contribution in [0.15, 0.2) is 18.2 Å². The quantitative estimate of drug-likeness (QED) is 0.832. The van der Waals surface area contributed by atoms with Gasteiger partial charge in [0.2, 0.25) is 0 Å². The Bertz CT molecular complexity index is 604.